The number of benzene rings is 1. The van der Waals surface area contributed by atoms with Gasteiger partial charge in [-0.05, 0) is 26.3 Å². The largest absolute Gasteiger partial charge is 0.303 e. The van der Waals surface area contributed by atoms with Gasteiger partial charge in [-0.25, -0.2) is 0 Å². The van der Waals surface area contributed by atoms with Crippen molar-refractivity contribution in [1.82, 2.24) is 5.32 Å². The molecule has 0 unspecified atom stereocenters. The van der Waals surface area contributed by atoms with Gasteiger partial charge < -0.3 is 5.32 Å². The minimum absolute atomic E-state index is 0.0121. The summed E-state index contributed by atoms with van der Waals surface area (Å²) in [5.41, 5.74) is 3.08. The van der Waals surface area contributed by atoms with Gasteiger partial charge in [0.2, 0.25) is 5.91 Å². The van der Waals surface area contributed by atoms with Crippen LogP contribution in [0, 0.1) is 6.92 Å². The van der Waals surface area contributed by atoms with E-state index >= 15 is 0 Å². The molecule has 0 spiro atoms. The predicted molar refractivity (Wildman–Crippen MR) is 76.0 cm³/mol. The topological polar surface area (TPSA) is 53.8 Å². The van der Waals surface area contributed by atoms with Crippen LogP contribution in [0.4, 0.5) is 0 Å². The second-order valence-corrected chi connectivity index (χ2v) is 5.54. The van der Waals surface area contributed by atoms with E-state index in [0.29, 0.717) is 5.17 Å². The van der Waals surface area contributed by atoms with E-state index in [0.717, 1.165) is 11.3 Å². The first-order valence-electron chi connectivity index (χ1n) is 5.73. The average Bonchev–Trinajstić information content (AvgIpc) is 2.67. The highest BCUT2D eigenvalue weighted by atomic mass is 32.2. The zero-order chi connectivity index (χ0) is 13.1. The molecule has 1 aromatic carbocycles. The van der Waals surface area contributed by atoms with E-state index in [1.165, 1.54) is 17.3 Å². The Kier molecular flexibility index (Phi) is 3.81. The van der Waals surface area contributed by atoms with Gasteiger partial charge in [0.05, 0.1) is 11.0 Å². The maximum Gasteiger partial charge on any atom is 0.239 e. The molecule has 2 rings (SSSR count). The van der Waals surface area contributed by atoms with Crippen molar-refractivity contribution in [2.45, 2.75) is 26.0 Å². The molecule has 18 heavy (non-hydrogen) atoms. The van der Waals surface area contributed by atoms with Crippen molar-refractivity contribution in [3.63, 3.8) is 0 Å². The highest BCUT2D eigenvalue weighted by Crippen LogP contribution is 2.18. The lowest BCUT2D eigenvalue weighted by molar-refractivity contribution is -0.118. The van der Waals surface area contributed by atoms with Crippen LogP contribution in [0.25, 0.3) is 0 Å². The Bertz CT molecular complexity index is 520. The molecule has 1 aliphatic heterocycles. The summed E-state index contributed by atoms with van der Waals surface area (Å²) in [6.45, 7) is 5.79. The standard InChI is InChI=1S/C13H15N3OS/c1-8-4-6-11(7-5-8)9(2)15-16-13-14-12(17)10(3)18-13/h4-7,10H,1-3H3,(H,14,16,17)/b15-9-/t10-/m0/s1. The lowest BCUT2D eigenvalue weighted by atomic mass is 10.1. The Morgan fingerprint density at radius 2 is 2.00 bits per heavy atom. The van der Waals surface area contributed by atoms with E-state index in [4.69, 9.17) is 0 Å². The van der Waals surface area contributed by atoms with Crippen LogP contribution in [0.1, 0.15) is 25.0 Å². The third-order valence-corrected chi connectivity index (χ3v) is 3.62. The van der Waals surface area contributed by atoms with Gasteiger partial charge in [-0.3, -0.25) is 4.79 Å². The van der Waals surface area contributed by atoms with Gasteiger partial charge in [0, 0.05) is 0 Å². The first kappa shape index (κ1) is 12.8. The highest BCUT2D eigenvalue weighted by molar-refractivity contribution is 8.15. The van der Waals surface area contributed by atoms with Crippen LogP contribution in [-0.4, -0.2) is 22.0 Å². The smallest absolute Gasteiger partial charge is 0.239 e. The van der Waals surface area contributed by atoms with Crippen LogP contribution < -0.4 is 5.32 Å². The summed E-state index contributed by atoms with van der Waals surface area (Å²) < 4.78 is 0. The molecule has 0 radical (unpaired) electrons. The third-order valence-electron chi connectivity index (χ3n) is 2.65. The van der Waals surface area contributed by atoms with E-state index in [1.807, 2.05) is 45.0 Å². The van der Waals surface area contributed by atoms with Crippen LogP contribution in [-0.2, 0) is 4.79 Å². The zero-order valence-electron chi connectivity index (χ0n) is 10.6. The number of hydrogen-bond donors (Lipinski definition) is 1. The summed E-state index contributed by atoms with van der Waals surface area (Å²) >= 11 is 1.40. The molecule has 94 valence electrons. The normalized spacial score (nSPS) is 22.4. The predicted octanol–water partition coefficient (Wildman–Crippen LogP) is 2.33. The summed E-state index contributed by atoms with van der Waals surface area (Å²) in [5.74, 6) is -0.0121. The third kappa shape index (κ3) is 2.98. The average molecular weight is 261 g/mol. The summed E-state index contributed by atoms with van der Waals surface area (Å²) in [5, 5.41) is 11.4. The number of rotatable bonds is 2. The number of aryl methyl sites for hydroxylation is 1. The van der Waals surface area contributed by atoms with Crippen LogP contribution in [0.5, 0.6) is 0 Å². The number of thioether (sulfide) groups is 1. The minimum atomic E-state index is -0.0846. The number of carbonyl (C=O) groups excluding carboxylic acids is 1. The Hall–Kier alpha value is -1.62. The first-order chi connectivity index (χ1) is 8.56. The molecule has 1 fully saturated rings. The fourth-order valence-corrected chi connectivity index (χ4v) is 2.23. The number of hydrogen-bond acceptors (Lipinski definition) is 4. The maximum absolute atomic E-state index is 11.3. The molecule has 4 nitrogen and oxygen atoms in total. The van der Waals surface area contributed by atoms with Crippen LogP contribution in [0.3, 0.4) is 0 Å². The van der Waals surface area contributed by atoms with Crippen molar-refractivity contribution in [1.29, 1.82) is 0 Å². The fraction of sp³-hybridized carbons (Fsp3) is 0.308. The molecule has 0 bridgehead atoms. The highest BCUT2D eigenvalue weighted by Gasteiger charge is 2.25. The molecular weight excluding hydrogens is 246 g/mol. The fourth-order valence-electron chi connectivity index (χ4n) is 1.48. The lowest BCUT2D eigenvalue weighted by Gasteiger charge is -1.99. The number of carbonyl (C=O) groups is 1. The van der Waals surface area contributed by atoms with Crippen molar-refractivity contribution in [3.8, 4) is 0 Å². The molecule has 0 aliphatic carbocycles. The molecule has 1 amide bonds. The summed E-state index contributed by atoms with van der Waals surface area (Å²) in [7, 11) is 0. The number of amides is 1. The van der Waals surface area contributed by atoms with Gasteiger partial charge in [0.15, 0.2) is 5.17 Å². The molecule has 1 atom stereocenters. The van der Waals surface area contributed by atoms with Crippen molar-refractivity contribution in [3.05, 3.63) is 35.4 Å². The second-order valence-electron chi connectivity index (χ2n) is 4.21. The van der Waals surface area contributed by atoms with Crippen molar-refractivity contribution in [2.24, 2.45) is 10.2 Å². The number of nitrogens with one attached hydrogen (secondary N) is 1. The Labute approximate surface area is 111 Å². The van der Waals surface area contributed by atoms with E-state index in [9.17, 15) is 4.79 Å². The molecular formula is C13H15N3OS. The van der Waals surface area contributed by atoms with Crippen molar-refractivity contribution in [2.75, 3.05) is 0 Å². The SMILES string of the molecule is C/C(=N/N=C1/NC(=O)[C@H](C)S1)c1ccc(C)cc1. The molecule has 5 heteroatoms. The first-order valence-corrected chi connectivity index (χ1v) is 6.61. The molecule has 0 saturated carbocycles. The molecule has 1 saturated heterocycles. The monoisotopic (exact) mass is 261 g/mol. The van der Waals surface area contributed by atoms with Gasteiger partial charge in [0.1, 0.15) is 0 Å². The van der Waals surface area contributed by atoms with Crippen LogP contribution in [0.2, 0.25) is 0 Å². The van der Waals surface area contributed by atoms with E-state index in [2.05, 4.69) is 15.5 Å². The van der Waals surface area contributed by atoms with Crippen molar-refractivity contribution < 1.29 is 4.79 Å². The molecule has 1 N–H and O–H groups in total. The van der Waals surface area contributed by atoms with E-state index < -0.39 is 0 Å². The Morgan fingerprint density at radius 1 is 1.33 bits per heavy atom. The molecule has 0 aromatic heterocycles. The zero-order valence-corrected chi connectivity index (χ0v) is 11.4. The van der Waals surface area contributed by atoms with Crippen molar-refractivity contribution >= 4 is 28.5 Å². The van der Waals surface area contributed by atoms with E-state index in [-0.39, 0.29) is 11.2 Å². The van der Waals surface area contributed by atoms with Gasteiger partial charge >= 0.3 is 0 Å². The van der Waals surface area contributed by atoms with Crippen LogP contribution >= 0.6 is 11.8 Å². The summed E-state index contributed by atoms with van der Waals surface area (Å²) in [4.78, 5) is 11.3. The van der Waals surface area contributed by atoms with Gasteiger partial charge in [-0.2, -0.15) is 5.10 Å². The Balaban J connectivity index is 2.12. The van der Waals surface area contributed by atoms with Gasteiger partial charge in [-0.15, -0.1) is 5.10 Å². The number of amidine groups is 1. The summed E-state index contributed by atoms with van der Waals surface area (Å²) in [6, 6.07) is 8.10. The second kappa shape index (κ2) is 5.35. The minimum Gasteiger partial charge on any atom is -0.303 e. The van der Waals surface area contributed by atoms with Crippen LogP contribution in [0.15, 0.2) is 34.5 Å². The molecule has 1 aliphatic rings. The van der Waals surface area contributed by atoms with E-state index in [1.54, 1.807) is 0 Å². The Morgan fingerprint density at radius 3 is 2.56 bits per heavy atom. The summed E-state index contributed by atoms with van der Waals surface area (Å²) in [6.07, 6.45) is 0. The maximum atomic E-state index is 11.3. The molecule has 1 aromatic rings. The van der Waals surface area contributed by atoms with Gasteiger partial charge in [0.25, 0.3) is 0 Å². The quantitative estimate of drug-likeness (QED) is 0.656. The number of nitrogens with zero attached hydrogens (tertiary/aromatic N) is 2. The molecule has 1 heterocycles. The van der Waals surface area contributed by atoms with Gasteiger partial charge in [-0.1, -0.05) is 41.6 Å². The lowest BCUT2D eigenvalue weighted by Crippen LogP contribution is -2.23.